The summed E-state index contributed by atoms with van der Waals surface area (Å²) in [7, 11) is 1.64. The number of carbonyl (C=O) groups is 2. The molecule has 0 radical (unpaired) electrons. The van der Waals surface area contributed by atoms with Crippen LogP contribution in [0.25, 0.3) is 11.2 Å². The topological polar surface area (TPSA) is 107 Å². The molecule has 0 saturated carbocycles. The van der Waals surface area contributed by atoms with Crippen LogP contribution in [0.1, 0.15) is 30.4 Å². The molecule has 0 aliphatic rings. The standard InChI is InChI=1S/C22H27N5O4/c1-5-31-20(28)9-10-23-22(29)26-18-12-19-21(24-14(18)2)27(15(3)25-19)13-16-7-6-8-17(11-16)30-4/h6-8,11-12H,5,9-10,13H2,1-4H3,(H2,23,26,29). The van der Waals surface area contributed by atoms with Crippen LogP contribution in [0.4, 0.5) is 10.5 Å². The Kier molecular flexibility index (Phi) is 7.07. The second-order valence-electron chi connectivity index (χ2n) is 7.00. The predicted molar refractivity (Wildman–Crippen MR) is 117 cm³/mol. The van der Waals surface area contributed by atoms with Gasteiger partial charge >= 0.3 is 12.0 Å². The van der Waals surface area contributed by atoms with Crippen molar-refractivity contribution in [2.75, 3.05) is 25.6 Å². The molecule has 31 heavy (non-hydrogen) atoms. The van der Waals surface area contributed by atoms with Gasteiger partial charge in [0.05, 0.1) is 38.1 Å². The normalized spacial score (nSPS) is 10.7. The third-order valence-electron chi connectivity index (χ3n) is 4.75. The van der Waals surface area contributed by atoms with Crippen molar-refractivity contribution in [1.29, 1.82) is 0 Å². The lowest BCUT2D eigenvalue weighted by Gasteiger charge is -2.11. The number of benzene rings is 1. The summed E-state index contributed by atoms with van der Waals surface area (Å²) in [6, 6.07) is 9.24. The SMILES string of the molecule is CCOC(=O)CCNC(=O)Nc1cc2nc(C)n(Cc3cccc(OC)c3)c2nc1C. The molecule has 0 aliphatic heterocycles. The Bertz CT molecular complexity index is 1090. The van der Waals surface area contributed by atoms with Crippen LogP contribution < -0.4 is 15.4 Å². The summed E-state index contributed by atoms with van der Waals surface area (Å²) in [6.45, 7) is 6.60. The molecule has 0 unspecified atom stereocenters. The minimum absolute atomic E-state index is 0.116. The summed E-state index contributed by atoms with van der Waals surface area (Å²) in [5.74, 6) is 1.27. The van der Waals surface area contributed by atoms with E-state index in [0.29, 0.717) is 30.0 Å². The van der Waals surface area contributed by atoms with Gasteiger partial charge in [-0.1, -0.05) is 12.1 Å². The number of nitrogens with zero attached hydrogens (tertiary/aromatic N) is 3. The molecule has 2 heterocycles. The fourth-order valence-electron chi connectivity index (χ4n) is 3.20. The van der Waals surface area contributed by atoms with Crippen LogP contribution in [0.3, 0.4) is 0 Å². The van der Waals surface area contributed by atoms with Crippen LogP contribution in [-0.2, 0) is 16.1 Å². The van der Waals surface area contributed by atoms with Crippen LogP contribution >= 0.6 is 0 Å². The third kappa shape index (κ3) is 5.50. The molecule has 9 heteroatoms. The van der Waals surface area contributed by atoms with Crippen molar-refractivity contribution in [2.45, 2.75) is 33.7 Å². The molecule has 0 atom stereocenters. The average Bonchev–Trinajstić information content (AvgIpc) is 3.03. The van der Waals surface area contributed by atoms with E-state index >= 15 is 0 Å². The number of esters is 1. The Balaban J connectivity index is 1.73. The highest BCUT2D eigenvalue weighted by molar-refractivity contribution is 5.92. The fourth-order valence-corrected chi connectivity index (χ4v) is 3.20. The first-order chi connectivity index (χ1) is 14.9. The molecule has 2 N–H and O–H groups in total. The van der Waals surface area contributed by atoms with E-state index < -0.39 is 6.03 Å². The van der Waals surface area contributed by atoms with Crippen molar-refractivity contribution < 1.29 is 19.1 Å². The molecular formula is C22H27N5O4. The molecule has 0 fully saturated rings. The number of ether oxygens (including phenoxy) is 2. The highest BCUT2D eigenvalue weighted by Crippen LogP contribution is 2.23. The van der Waals surface area contributed by atoms with Crippen LogP contribution in [0.15, 0.2) is 30.3 Å². The Morgan fingerprint density at radius 3 is 2.71 bits per heavy atom. The summed E-state index contributed by atoms with van der Waals surface area (Å²) < 4.78 is 12.2. The molecule has 1 aromatic carbocycles. The van der Waals surface area contributed by atoms with Crippen LogP contribution in [0, 0.1) is 13.8 Å². The smallest absolute Gasteiger partial charge is 0.319 e. The van der Waals surface area contributed by atoms with Gasteiger partial charge in [0.2, 0.25) is 0 Å². The van der Waals surface area contributed by atoms with Crippen molar-refractivity contribution >= 4 is 28.9 Å². The molecular weight excluding hydrogens is 398 g/mol. The Morgan fingerprint density at radius 2 is 1.97 bits per heavy atom. The van der Waals surface area contributed by atoms with E-state index in [9.17, 15) is 9.59 Å². The number of pyridine rings is 1. The maximum atomic E-state index is 12.2. The van der Waals surface area contributed by atoms with E-state index in [4.69, 9.17) is 9.47 Å². The summed E-state index contributed by atoms with van der Waals surface area (Å²) in [6.07, 6.45) is 0.116. The molecule has 164 valence electrons. The van der Waals surface area contributed by atoms with E-state index in [1.54, 1.807) is 20.1 Å². The van der Waals surface area contributed by atoms with Gasteiger partial charge < -0.3 is 24.7 Å². The molecule has 0 aliphatic carbocycles. The van der Waals surface area contributed by atoms with Crippen molar-refractivity contribution in [3.8, 4) is 5.75 Å². The second kappa shape index (κ2) is 9.92. The summed E-state index contributed by atoms with van der Waals surface area (Å²) in [5.41, 5.74) is 3.73. The Labute approximate surface area is 180 Å². The number of hydrogen-bond acceptors (Lipinski definition) is 6. The predicted octanol–water partition coefficient (Wildman–Crippen LogP) is 3.18. The number of rotatable bonds is 8. The second-order valence-corrected chi connectivity index (χ2v) is 7.00. The van der Waals surface area contributed by atoms with Crippen molar-refractivity contribution in [3.05, 3.63) is 47.4 Å². The number of hydrogen-bond donors (Lipinski definition) is 2. The van der Waals surface area contributed by atoms with Gasteiger partial charge in [-0.3, -0.25) is 4.79 Å². The quantitative estimate of drug-likeness (QED) is 0.537. The van der Waals surface area contributed by atoms with Crippen LogP contribution in [0.5, 0.6) is 5.75 Å². The lowest BCUT2D eigenvalue weighted by molar-refractivity contribution is -0.142. The number of fused-ring (bicyclic) bond motifs is 1. The van der Waals surface area contributed by atoms with E-state index in [1.807, 2.05) is 42.7 Å². The van der Waals surface area contributed by atoms with Crippen molar-refractivity contribution in [2.24, 2.45) is 0 Å². The minimum atomic E-state index is -0.416. The summed E-state index contributed by atoms with van der Waals surface area (Å²) in [5, 5.41) is 5.41. The van der Waals surface area contributed by atoms with E-state index in [1.165, 1.54) is 0 Å². The number of imidazole rings is 1. The van der Waals surface area contributed by atoms with Gasteiger partial charge in [0.25, 0.3) is 0 Å². The monoisotopic (exact) mass is 425 g/mol. The number of aromatic nitrogens is 3. The zero-order valence-corrected chi connectivity index (χ0v) is 18.2. The number of amides is 2. The molecule has 0 spiro atoms. The van der Waals surface area contributed by atoms with Gasteiger partial charge in [0, 0.05) is 6.54 Å². The third-order valence-corrected chi connectivity index (χ3v) is 4.75. The molecule has 3 rings (SSSR count). The average molecular weight is 425 g/mol. The molecule has 2 amide bonds. The van der Waals surface area contributed by atoms with Gasteiger partial charge in [0.15, 0.2) is 5.65 Å². The molecule has 3 aromatic rings. The fraction of sp³-hybridized carbons (Fsp3) is 0.364. The van der Waals surface area contributed by atoms with Crippen LogP contribution in [-0.4, -0.2) is 46.8 Å². The number of anilines is 1. The highest BCUT2D eigenvalue weighted by atomic mass is 16.5. The van der Waals surface area contributed by atoms with E-state index in [0.717, 1.165) is 22.8 Å². The highest BCUT2D eigenvalue weighted by Gasteiger charge is 2.14. The van der Waals surface area contributed by atoms with Gasteiger partial charge in [-0.2, -0.15) is 0 Å². The maximum Gasteiger partial charge on any atom is 0.319 e. The largest absolute Gasteiger partial charge is 0.497 e. The zero-order valence-electron chi connectivity index (χ0n) is 18.2. The first-order valence-electron chi connectivity index (χ1n) is 10.1. The zero-order chi connectivity index (χ0) is 22.4. The molecule has 0 saturated heterocycles. The number of carbonyl (C=O) groups excluding carboxylic acids is 2. The van der Waals surface area contributed by atoms with Gasteiger partial charge in [-0.05, 0) is 44.5 Å². The summed E-state index contributed by atoms with van der Waals surface area (Å²) >= 11 is 0. The summed E-state index contributed by atoms with van der Waals surface area (Å²) in [4.78, 5) is 32.8. The lowest BCUT2D eigenvalue weighted by Crippen LogP contribution is -2.31. The van der Waals surface area contributed by atoms with E-state index in [2.05, 4.69) is 20.6 Å². The number of urea groups is 1. The lowest BCUT2D eigenvalue weighted by atomic mass is 10.2. The number of aryl methyl sites for hydroxylation is 2. The first kappa shape index (κ1) is 22.1. The first-order valence-corrected chi connectivity index (χ1v) is 10.1. The number of methoxy groups -OCH3 is 1. The van der Waals surface area contributed by atoms with Crippen LogP contribution in [0.2, 0.25) is 0 Å². The molecule has 0 bridgehead atoms. The molecule has 2 aromatic heterocycles. The van der Waals surface area contributed by atoms with Gasteiger partial charge in [0.1, 0.15) is 17.1 Å². The maximum absolute atomic E-state index is 12.2. The minimum Gasteiger partial charge on any atom is -0.497 e. The van der Waals surface area contributed by atoms with Crippen molar-refractivity contribution in [3.63, 3.8) is 0 Å². The van der Waals surface area contributed by atoms with Crippen molar-refractivity contribution in [1.82, 2.24) is 19.9 Å². The number of nitrogens with one attached hydrogen (secondary N) is 2. The Hall–Kier alpha value is -3.62. The molecule has 9 nitrogen and oxygen atoms in total. The Morgan fingerprint density at radius 1 is 1.16 bits per heavy atom. The van der Waals surface area contributed by atoms with Gasteiger partial charge in [-0.15, -0.1) is 0 Å². The van der Waals surface area contributed by atoms with E-state index in [-0.39, 0.29) is 18.9 Å². The van der Waals surface area contributed by atoms with Gasteiger partial charge in [-0.25, -0.2) is 14.8 Å².